The first-order valence-electron chi connectivity index (χ1n) is 5.15. The number of aliphatic hydroxyl groups is 1. The van der Waals surface area contributed by atoms with Crippen LogP contribution in [0.1, 0.15) is 22.8 Å². The standard InChI is InChI=1S/C12H17NO3/c1-8-4-5-10(6-11(8)16-3)12(15)13-9(2)7-14/h4-6,9,14H,7H2,1-3H3,(H,13,15)/t9-/m1/s1. The average molecular weight is 223 g/mol. The number of amides is 1. The Morgan fingerprint density at radius 1 is 1.56 bits per heavy atom. The predicted molar refractivity (Wildman–Crippen MR) is 61.7 cm³/mol. The zero-order valence-electron chi connectivity index (χ0n) is 9.78. The van der Waals surface area contributed by atoms with Crippen LogP contribution in [-0.2, 0) is 0 Å². The number of aryl methyl sites for hydroxylation is 1. The Labute approximate surface area is 95.2 Å². The summed E-state index contributed by atoms with van der Waals surface area (Å²) in [5.41, 5.74) is 1.51. The molecular weight excluding hydrogens is 206 g/mol. The van der Waals surface area contributed by atoms with Crippen molar-refractivity contribution in [1.82, 2.24) is 5.32 Å². The molecule has 0 heterocycles. The topological polar surface area (TPSA) is 58.6 Å². The summed E-state index contributed by atoms with van der Waals surface area (Å²) in [6.45, 7) is 3.58. The number of nitrogens with one attached hydrogen (secondary N) is 1. The van der Waals surface area contributed by atoms with Gasteiger partial charge in [0.25, 0.3) is 5.91 Å². The molecule has 0 aromatic heterocycles. The number of hydrogen-bond donors (Lipinski definition) is 2. The van der Waals surface area contributed by atoms with Crippen molar-refractivity contribution in [2.75, 3.05) is 13.7 Å². The highest BCUT2D eigenvalue weighted by Crippen LogP contribution is 2.18. The first-order chi connectivity index (χ1) is 7.58. The van der Waals surface area contributed by atoms with Crippen LogP contribution in [0.4, 0.5) is 0 Å². The van der Waals surface area contributed by atoms with Gasteiger partial charge in [0.15, 0.2) is 0 Å². The van der Waals surface area contributed by atoms with Crippen molar-refractivity contribution in [2.24, 2.45) is 0 Å². The number of rotatable bonds is 4. The fourth-order valence-electron chi connectivity index (χ4n) is 1.31. The second-order valence-electron chi connectivity index (χ2n) is 3.74. The third-order valence-corrected chi connectivity index (χ3v) is 2.32. The number of hydrogen-bond acceptors (Lipinski definition) is 3. The molecule has 0 saturated carbocycles. The van der Waals surface area contributed by atoms with Crippen LogP contribution in [0.15, 0.2) is 18.2 Å². The number of carbonyl (C=O) groups excluding carboxylic acids is 1. The Kier molecular flexibility index (Phi) is 4.31. The molecule has 1 atom stereocenters. The minimum absolute atomic E-state index is 0.0747. The van der Waals surface area contributed by atoms with Crippen LogP contribution in [-0.4, -0.2) is 30.8 Å². The molecule has 1 amide bonds. The molecule has 0 aliphatic heterocycles. The van der Waals surface area contributed by atoms with E-state index in [0.29, 0.717) is 11.3 Å². The maximum Gasteiger partial charge on any atom is 0.251 e. The largest absolute Gasteiger partial charge is 0.496 e. The van der Waals surface area contributed by atoms with E-state index in [2.05, 4.69) is 5.32 Å². The summed E-state index contributed by atoms with van der Waals surface area (Å²) in [6, 6.07) is 5.00. The maximum atomic E-state index is 11.7. The lowest BCUT2D eigenvalue weighted by Gasteiger charge is -2.12. The molecule has 1 aromatic carbocycles. The van der Waals surface area contributed by atoms with Crippen molar-refractivity contribution < 1.29 is 14.6 Å². The van der Waals surface area contributed by atoms with Gasteiger partial charge >= 0.3 is 0 Å². The molecule has 0 radical (unpaired) electrons. The van der Waals surface area contributed by atoms with E-state index in [-0.39, 0.29) is 18.6 Å². The van der Waals surface area contributed by atoms with Crippen molar-refractivity contribution in [3.63, 3.8) is 0 Å². The summed E-state index contributed by atoms with van der Waals surface area (Å²) in [7, 11) is 1.57. The van der Waals surface area contributed by atoms with Crippen molar-refractivity contribution in [3.05, 3.63) is 29.3 Å². The lowest BCUT2D eigenvalue weighted by atomic mass is 10.1. The first kappa shape index (κ1) is 12.5. The smallest absolute Gasteiger partial charge is 0.251 e. The fraction of sp³-hybridized carbons (Fsp3) is 0.417. The number of carbonyl (C=O) groups is 1. The van der Waals surface area contributed by atoms with Crippen LogP contribution in [0.25, 0.3) is 0 Å². The molecule has 0 unspecified atom stereocenters. The monoisotopic (exact) mass is 223 g/mol. The number of methoxy groups -OCH3 is 1. The van der Waals surface area contributed by atoms with Crippen molar-refractivity contribution in [3.8, 4) is 5.75 Å². The van der Waals surface area contributed by atoms with Gasteiger partial charge in [-0.2, -0.15) is 0 Å². The summed E-state index contributed by atoms with van der Waals surface area (Å²) < 4.78 is 5.14. The zero-order valence-corrected chi connectivity index (χ0v) is 9.78. The number of benzene rings is 1. The normalized spacial score (nSPS) is 12.0. The van der Waals surface area contributed by atoms with Crippen molar-refractivity contribution in [2.45, 2.75) is 19.9 Å². The van der Waals surface area contributed by atoms with Gasteiger partial charge in [0.2, 0.25) is 0 Å². The van der Waals surface area contributed by atoms with Gasteiger partial charge in [0, 0.05) is 11.6 Å². The third-order valence-electron chi connectivity index (χ3n) is 2.32. The van der Waals surface area contributed by atoms with Gasteiger partial charge in [-0.15, -0.1) is 0 Å². The second kappa shape index (κ2) is 5.51. The average Bonchev–Trinajstić information content (AvgIpc) is 2.29. The van der Waals surface area contributed by atoms with E-state index in [9.17, 15) is 4.79 Å². The Bertz CT molecular complexity index is 377. The number of ether oxygens (including phenoxy) is 1. The SMILES string of the molecule is COc1cc(C(=O)N[C@H](C)CO)ccc1C. The van der Waals surface area contributed by atoms with Crippen LogP contribution < -0.4 is 10.1 Å². The van der Waals surface area contributed by atoms with Crippen LogP contribution in [0.2, 0.25) is 0 Å². The lowest BCUT2D eigenvalue weighted by Crippen LogP contribution is -2.34. The summed E-state index contributed by atoms with van der Waals surface area (Å²) in [4.78, 5) is 11.7. The number of aliphatic hydroxyl groups excluding tert-OH is 1. The van der Waals surface area contributed by atoms with Gasteiger partial charge in [-0.05, 0) is 31.5 Å². The van der Waals surface area contributed by atoms with E-state index >= 15 is 0 Å². The molecule has 0 aliphatic carbocycles. The fourth-order valence-corrected chi connectivity index (χ4v) is 1.31. The first-order valence-corrected chi connectivity index (χ1v) is 5.15. The van der Waals surface area contributed by atoms with E-state index < -0.39 is 0 Å². The molecular formula is C12H17NO3. The van der Waals surface area contributed by atoms with Crippen LogP contribution >= 0.6 is 0 Å². The Balaban J connectivity index is 2.84. The third kappa shape index (κ3) is 2.97. The highest BCUT2D eigenvalue weighted by molar-refractivity contribution is 5.94. The Hall–Kier alpha value is -1.55. The van der Waals surface area contributed by atoms with Gasteiger partial charge < -0.3 is 15.2 Å². The highest BCUT2D eigenvalue weighted by Gasteiger charge is 2.10. The molecule has 0 fully saturated rings. The summed E-state index contributed by atoms with van der Waals surface area (Å²) in [6.07, 6.45) is 0. The van der Waals surface area contributed by atoms with E-state index in [1.807, 2.05) is 13.0 Å². The van der Waals surface area contributed by atoms with Crippen LogP contribution in [0, 0.1) is 6.92 Å². The molecule has 88 valence electrons. The molecule has 1 aromatic rings. The summed E-state index contributed by atoms with van der Waals surface area (Å²) in [5.74, 6) is 0.476. The summed E-state index contributed by atoms with van der Waals surface area (Å²) >= 11 is 0. The van der Waals surface area contributed by atoms with Gasteiger partial charge in [-0.3, -0.25) is 4.79 Å². The van der Waals surface area contributed by atoms with E-state index in [1.165, 1.54) is 0 Å². The van der Waals surface area contributed by atoms with Gasteiger partial charge in [-0.1, -0.05) is 6.07 Å². The van der Waals surface area contributed by atoms with Gasteiger partial charge in [-0.25, -0.2) is 0 Å². The maximum absolute atomic E-state index is 11.7. The van der Waals surface area contributed by atoms with Crippen molar-refractivity contribution in [1.29, 1.82) is 0 Å². The van der Waals surface area contributed by atoms with Gasteiger partial charge in [0.1, 0.15) is 5.75 Å². The molecule has 4 nitrogen and oxygen atoms in total. The Morgan fingerprint density at radius 3 is 2.81 bits per heavy atom. The van der Waals surface area contributed by atoms with E-state index in [0.717, 1.165) is 5.56 Å². The zero-order chi connectivity index (χ0) is 12.1. The van der Waals surface area contributed by atoms with Crippen LogP contribution in [0.5, 0.6) is 5.75 Å². The molecule has 4 heteroatoms. The van der Waals surface area contributed by atoms with Crippen LogP contribution in [0.3, 0.4) is 0 Å². The molecule has 1 rings (SSSR count). The quantitative estimate of drug-likeness (QED) is 0.804. The predicted octanol–water partition coefficient (Wildman–Crippen LogP) is 1.11. The molecule has 2 N–H and O–H groups in total. The summed E-state index contributed by atoms with van der Waals surface area (Å²) in [5, 5.41) is 11.5. The molecule has 0 spiro atoms. The van der Waals surface area contributed by atoms with Gasteiger partial charge in [0.05, 0.1) is 13.7 Å². The van der Waals surface area contributed by atoms with E-state index in [1.54, 1.807) is 26.2 Å². The minimum Gasteiger partial charge on any atom is -0.496 e. The lowest BCUT2D eigenvalue weighted by molar-refractivity contribution is 0.0922. The second-order valence-corrected chi connectivity index (χ2v) is 3.74. The molecule has 16 heavy (non-hydrogen) atoms. The van der Waals surface area contributed by atoms with Crippen molar-refractivity contribution >= 4 is 5.91 Å². The molecule has 0 bridgehead atoms. The molecule has 0 saturated heterocycles. The minimum atomic E-state index is -0.250. The Morgan fingerprint density at radius 2 is 2.25 bits per heavy atom. The van der Waals surface area contributed by atoms with E-state index in [4.69, 9.17) is 9.84 Å². The molecule has 0 aliphatic rings. The highest BCUT2D eigenvalue weighted by atomic mass is 16.5.